The van der Waals surface area contributed by atoms with Crippen LogP contribution in [0.5, 0.6) is 0 Å². The van der Waals surface area contributed by atoms with Crippen molar-refractivity contribution < 1.29 is 37.3 Å². The Morgan fingerprint density at radius 1 is 1.18 bits per heavy atom. The molecule has 39 heavy (non-hydrogen) atoms. The minimum atomic E-state index is -4.58. The molecule has 0 radical (unpaired) electrons. The van der Waals surface area contributed by atoms with Crippen molar-refractivity contribution in [2.45, 2.75) is 95.4 Å². The van der Waals surface area contributed by atoms with E-state index < -0.39 is 36.2 Å². The highest BCUT2D eigenvalue weighted by Crippen LogP contribution is 2.37. The van der Waals surface area contributed by atoms with Crippen LogP contribution in [0.3, 0.4) is 0 Å². The highest BCUT2D eigenvalue weighted by molar-refractivity contribution is 6.31. The van der Waals surface area contributed by atoms with Crippen molar-refractivity contribution in [1.82, 2.24) is 10.3 Å². The molecule has 0 unspecified atom stereocenters. The molecule has 2 fully saturated rings. The van der Waals surface area contributed by atoms with E-state index in [2.05, 4.69) is 15.6 Å². The lowest BCUT2D eigenvalue weighted by molar-refractivity contribution is -0.251. The van der Waals surface area contributed by atoms with Crippen LogP contribution in [0, 0.1) is 5.92 Å². The first-order valence-electron chi connectivity index (χ1n) is 13.1. The lowest BCUT2D eigenvalue weighted by Gasteiger charge is -2.32. The first-order chi connectivity index (χ1) is 18.3. The molecule has 12 heteroatoms. The van der Waals surface area contributed by atoms with Gasteiger partial charge in [-0.2, -0.15) is 13.2 Å². The summed E-state index contributed by atoms with van der Waals surface area (Å²) >= 11 is 6.11. The van der Waals surface area contributed by atoms with E-state index >= 15 is 0 Å². The number of hydrogen-bond acceptors (Lipinski definition) is 7. The maximum atomic E-state index is 13.5. The quantitative estimate of drug-likeness (QED) is 0.370. The molecule has 1 aliphatic carbocycles. The molecule has 4 rings (SSSR count). The number of benzene rings is 1. The van der Waals surface area contributed by atoms with E-state index in [0.717, 1.165) is 6.07 Å². The average Bonchev–Trinajstić information content (AvgIpc) is 3.20. The summed E-state index contributed by atoms with van der Waals surface area (Å²) in [7, 11) is 1.46. The van der Waals surface area contributed by atoms with Crippen molar-refractivity contribution in [3.63, 3.8) is 0 Å². The Balaban J connectivity index is 1.39. The lowest BCUT2D eigenvalue weighted by Crippen LogP contribution is -2.47. The van der Waals surface area contributed by atoms with Crippen LogP contribution in [0.4, 0.5) is 18.9 Å². The predicted molar refractivity (Wildman–Crippen MR) is 140 cm³/mol. The second-order valence-corrected chi connectivity index (χ2v) is 11.1. The number of halogens is 4. The summed E-state index contributed by atoms with van der Waals surface area (Å²) < 4.78 is 57.4. The largest absolute Gasteiger partial charge is 0.433 e. The number of carbonyl (C=O) groups is 1. The number of hydrogen-bond donors (Lipinski definition) is 3. The smallest absolute Gasteiger partial charge is 0.382 e. The number of aliphatic hydroxyl groups is 1. The van der Waals surface area contributed by atoms with Crippen LogP contribution in [0.25, 0.3) is 10.9 Å². The van der Waals surface area contributed by atoms with E-state index in [1.54, 1.807) is 6.07 Å². The van der Waals surface area contributed by atoms with Crippen LogP contribution >= 0.6 is 11.6 Å². The zero-order valence-corrected chi connectivity index (χ0v) is 23.1. The maximum Gasteiger partial charge on any atom is 0.433 e. The fraction of sp³-hybridized carbons (Fsp3) is 0.630. The van der Waals surface area contributed by atoms with E-state index in [9.17, 15) is 23.1 Å². The van der Waals surface area contributed by atoms with Gasteiger partial charge >= 0.3 is 6.18 Å². The van der Waals surface area contributed by atoms with Crippen LogP contribution in [0.2, 0.25) is 5.02 Å². The number of amides is 1. The van der Waals surface area contributed by atoms with Crippen molar-refractivity contribution >= 4 is 34.1 Å². The van der Waals surface area contributed by atoms with Gasteiger partial charge in [-0.05, 0) is 70.2 Å². The number of fused-ring (bicyclic) bond motifs is 1. The molecule has 0 spiro atoms. The molecule has 1 aliphatic heterocycles. The van der Waals surface area contributed by atoms with Gasteiger partial charge in [-0.25, -0.2) is 4.98 Å². The number of anilines is 1. The second kappa shape index (κ2) is 11.7. The first kappa shape index (κ1) is 29.8. The van der Waals surface area contributed by atoms with E-state index in [4.69, 9.17) is 25.8 Å². The molecule has 2 aromatic rings. The molecule has 4 atom stereocenters. The number of nitrogens with one attached hydrogen (secondary N) is 2. The van der Waals surface area contributed by atoms with Crippen LogP contribution in [0.15, 0.2) is 24.3 Å². The molecule has 2 heterocycles. The summed E-state index contributed by atoms with van der Waals surface area (Å²) in [6.45, 7) is 4.95. The fourth-order valence-electron chi connectivity index (χ4n) is 5.41. The predicted octanol–water partition coefficient (Wildman–Crippen LogP) is 5.26. The molecule has 216 valence electrons. The maximum absolute atomic E-state index is 13.5. The van der Waals surface area contributed by atoms with Crippen LogP contribution in [0.1, 0.15) is 58.6 Å². The third-order valence-corrected chi connectivity index (χ3v) is 7.48. The van der Waals surface area contributed by atoms with Crippen LogP contribution in [-0.4, -0.2) is 59.5 Å². The Bertz CT molecular complexity index is 1170. The average molecular weight is 574 g/mol. The number of alkyl halides is 3. The van der Waals surface area contributed by atoms with E-state index in [1.165, 1.54) is 33.1 Å². The van der Waals surface area contributed by atoms with Gasteiger partial charge in [0.1, 0.15) is 17.9 Å². The summed E-state index contributed by atoms with van der Waals surface area (Å²) in [5.74, 6) is -2.00. The Labute approximate surface area is 230 Å². The normalized spacial score (nSPS) is 28.0. The molecule has 1 aromatic carbocycles. The molecule has 1 saturated carbocycles. The van der Waals surface area contributed by atoms with Gasteiger partial charge in [-0.1, -0.05) is 18.5 Å². The lowest BCUT2D eigenvalue weighted by atomic mass is 9.89. The number of rotatable bonds is 8. The minimum absolute atomic E-state index is 0.0858. The summed E-state index contributed by atoms with van der Waals surface area (Å²) in [5.41, 5.74) is -0.430. The van der Waals surface area contributed by atoms with E-state index in [0.29, 0.717) is 48.2 Å². The zero-order valence-electron chi connectivity index (χ0n) is 22.3. The van der Waals surface area contributed by atoms with Gasteiger partial charge in [-0.15, -0.1) is 0 Å². The van der Waals surface area contributed by atoms with Gasteiger partial charge in [0.05, 0.1) is 5.52 Å². The standard InChI is InChI=1S/C27H35ClF3N3O5/c1-5-17-22(38-25(37-4)23(17)39-26(2,3)36)24(35)33-16-9-7-15(8-10-16)32-20-13-21(27(29,30)31)34-19-11-6-14(28)12-18(19)20/h6,11-13,15-17,22-23,25,36H,5,7-10H2,1-4H3,(H,32,34)(H,33,35)/t15?,16?,17-,22+,23-,25-/m1/s1. The molecular formula is C27H35ClF3N3O5. The summed E-state index contributed by atoms with van der Waals surface area (Å²) in [4.78, 5) is 16.9. The number of pyridine rings is 1. The van der Waals surface area contributed by atoms with Gasteiger partial charge in [0, 0.05) is 41.2 Å². The number of methoxy groups -OCH3 is 1. The topological polar surface area (TPSA) is 102 Å². The molecule has 8 nitrogen and oxygen atoms in total. The molecule has 1 aromatic heterocycles. The SMILES string of the molecule is CC[C@H]1[C@@H](OC(C)(C)O)[C@H](OC)O[C@@H]1C(=O)NC1CCC(Nc2cc(C(F)(F)F)nc3ccc(Cl)cc23)CC1. The highest BCUT2D eigenvalue weighted by Gasteiger charge is 2.50. The summed E-state index contributed by atoms with van der Waals surface area (Å²) in [5, 5.41) is 17.4. The first-order valence-corrected chi connectivity index (χ1v) is 13.5. The van der Waals surface area contributed by atoms with Crippen LogP contribution in [-0.2, 0) is 25.2 Å². The summed E-state index contributed by atoms with van der Waals surface area (Å²) in [6, 6.07) is 5.42. The number of carbonyl (C=O) groups excluding carboxylic acids is 1. The van der Waals surface area contributed by atoms with Gasteiger partial charge in [0.15, 0.2) is 12.1 Å². The van der Waals surface area contributed by atoms with Crippen LogP contribution < -0.4 is 10.6 Å². The zero-order chi connectivity index (χ0) is 28.5. The molecule has 0 bridgehead atoms. The van der Waals surface area contributed by atoms with E-state index in [-0.39, 0.29) is 29.4 Å². The monoisotopic (exact) mass is 573 g/mol. The number of ether oxygens (including phenoxy) is 3. The van der Waals surface area contributed by atoms with Crippen molar-refractivity contribution in [1.29, 1.82) is 0 Å². The Kier molecular flexibility index (Phi) is 8.97. The molecule has 2 aliphatic rings. The third-order valence-electron chi connectivity index (χ3n) is 7.24. The van der Waals surface area contributed by atoms with Gasteiger partial charge < -0.3 is 30.0 Å². The summed E-state index contributed by atoms with van der Waals surface area (Å²) in [6.07, 6.45) is -3.63. The minimum Gasteiger partial charge on any atom is -0.382 e. The van der Waals surface area contributed by atoms with Crippen molar-refractivity contribution in [3.8, 4) is 0 Å². The molecule has 1 saturated heterocycles. The Hall–Kier alpha value is -2.18. The molecular weight excluding hydrogens is 539 g/mol. The molecule has 3 N–H and O–H groups in total. The number of nitrogens with zero attached hydrogens (tertiary/aromatic N) is 1. The van der Waals surface area contributed by atoms with Gasteiger partial charge in [0.25, 0.3) is 0 Å². The molecule has 1 amide bonds. The Morgan fingerprint density at radius 3 is 2.44 bits per heavy atom. The fourth-order valence-corrected chi connectivity index (χ4v) is 5.59. The van der Waals surface area contributed by atoms with Crippen molar-refractivity contribution in [2.75, 3.05) is 12.4 Å². The second-order valence-electron chi connectivity index (χ2n) is 10.7. The highest BCUT2D eigenvalue weighted by atomic mass is 35.5. The van der Waals surface area contributed by atoms with Gasteiger partial charge in [0.2, 0.25) is 5.91 Å². The van der Waals surface area contributed by atoms with Gasteiger partial charge in [-0.3, -0.25) is 4.79 Å². The number of aromatic nitrogens is 1. The Morgan fingerprint density at radius 2 is 1.85 bits per heavy atom. The van der Waals surface area contributed by atoms with Crippen molar-refractivity contribution in [3.05, 3.63) is 35.0 Å². The van der Waals surface area contributed by atoms with Crippen molar-refractivity contribution in [2.24, 2.45) is 5.92 Å². The third kappa shape index (κ3) is 7.13. The van der Waals surface area contributed by atoms with E-state index in [1.807, 2.05) is 6.92 Å².